The average Bonchev–Trinajstić information content (AvgIpc) is 3.49. The summed E-state index contributed by atoms with van der Waals surface area (Å²) in [5.41, 5.74) is 1.55. The first-order chi connectivity index (χ1) is 16.0. The van der Waals surface area contributed by atoms with Gasteiger partial charge in [0.25, 0.3) is 5.88 Å². The molecule has 2 N–H and O–H groups in total. The molecule has 0 aliphatic heterocycles. The largest absolute Gasteiger partial charge is 0.470 e. The molecule has 0 unspecified atom stereocenters. The molecule has 0 spiro atoms. The minimum atomic E-state index is -1.48. The van der Waals surface area contributed by atoms with E-state index >= 15 is 0 Å². The summed E-state index contributed by atoms with van der Waals surface area (Å²) in [5, 5.41) is 29.1. The predicted molar refractivity (Wildman–Crippen MR) is 110 cm³/mol. The van der Waals surface area contributed by atoms with Crippen LogP contribution in [0.4, 0.5) is 4.39 Å². The first-order valence-corrected chi connectivity index (χ1v) is 9.81. The molecular weight excluding hydrogens is 435 g/mol. The Bertz CT molecular complexity index is 1220. The minimum Gasteiger partial charge on any atom is -0.470 e. The summed E-state index contributed by atoms with van der Waals surface area (Å²) in [6.07, 6.45) is -2.78. The third-order valence-electron chi connectivity index (χ3n) is 4.88. The van der Waals surface area contributed by atoms with Gasteiger partial charge < -0.3 is 28.7 Å². The molecule has 0 fully saturated rings. The minimum absolute atomic E-state index is 0.0225. The molecule has 0 saturated carbocycles. The number of aliphatic hydroxyl groups excluding tert-OH is 2. The number of hydrogen-bond acceptors (Lipinski definition) is 9. The number of aromatic nitrogens is 2. The second-order valence-electron chi connectivity index (χ2n) is 6.99. The molecule has 0 radical (unpaired) electrons. The van der Waals surface area contributed by atoms with E-state index in [2.05, 4.69) is 15.1 Å². The van der Waals surface area contributed by atoms with Crippen molar-refractivity contribution in [3.05, 3.63) is 89.1 Å². The van der Waals surface area contributed by atoms with Gasteiger partial charge in [-0.1, -0.05) is 35.5 Å². The number of aliphatic hydroxyl groups is 2. The van der Waals surface area contributed by atoms with Crippen LogP contribution in [0.2, 0.25) is 0 Å². The molecule has 2 atom stereocenters. The number of carbonyl (C=O) groups is 1. The molecule has 0 amide bonds. The van der Waals surface area contributed by atoms with Crippen molar-refractivity contribution < 1.29 is 37.9 Å². The van der Waals surface area contributed by atoms with Gasteiger partial charge in [0.2, 0.25) is 5.76 Å². The molecule has 4 aromatic rings. The molecule has 2 aromatic heterocycles. The predicted octanol–water partition coefficient (Wildman–Crippen LogP) is 3.60. The molecule has 10 heteroatoms. The van der Waals surface area contributed by atoms with Crippen molar-refractivity contribution >= 4 is 5.97 Å². The van der Waals surface area contributed by atoms with Crippen LogP contribution in [0.5, 0.6) is 5.88 Å². The van der Waals surface area contributed by atoms with E-state index in [0.717, 1.165) is 0 Å². The highest BCUT2D eigenvalue weighted by Gasteiger charge is 2.30. The molecule has 33 heavy (non-hydrogen) atoms. The van der Waals surface area contributed by atoms with E-state index in [9.17, 15) is 19.4 Å². The number of methoxy groups -OCH3 is 1. The zero-order valence-electron chi connectivity index (χ0n) is 17.3. The summed E-state index contributed by atoms with van der Waals surface area (Å²) < 4.78 is 33.8. The Kier molecular flexibility index (Phi) is 6.48. The number of esters is 1. The Labute approximate surface area is 187 Å². The van der Waals surface area contributed by atoms with Gasteiger partial charge in [0.1, 0.15) is 30.3 Å². The van der Waals surface area contributed by atoms with E-state index in [1.165, 1.54) is 37.4 Å². The molecule has 9 nitrogen and oxygen atoms in total. The summed E-state index contributed by atoms with van der Waals surface area (Å²) in [6.45, 7) is -0.211. The van der Waals surface area contributed by atoms with Gasteiger partial charge in [0.05, 0.1) is 18.7 Å². The SMILES string of the molecule is COC(=O)c1cc(OCc2c(-c3ccc(F)cc3)noc2[C@@H](O)[C@H](O)c2ccccc2)no1. The number of ether oxygens (including phenoxy) is 2. The highest BCUT2D eigenvalue weighted by molar-refractivity contribution is 5.86. The van der Waals surface area contributed by atoms with Gasteiger partial charge in [-0.3, -0.25) is 0 Å². The fourth-order valence-corrected chi connectivity index (χ4v) is 3.17. The van der Waals surface area contributed by atoms with Crippen LogP contribution in [0.1, 0.15) is 39.6 Å². The second kappa shape index (κ2) is 9.63. The van der Waals surface area contributed by atoms with Crippen LogP contribution < -0.4 is 4.74 Å². The van der Waals surface area contributed by atoms with Gasteiger partial charge in [-0.05, 0) is 35.0 Å². The van der Waals surface area contributed by atoms with Crippen molar-refractivity contribution in [3.63, 3.8) is 0 Å². The van der Waals surface area contributed by atoms with Crippen molar-refractivity contribution in [2.24, 2.45) is 0 Å². The van der Waals surface area contributed by atoms with Crippen LogP contribution in [0.25, 0.3) is 11.3 Å². The molecular formula is C23H19FN2O7. The van der Waals surface area contributed by atoms with Gasteiger partial charge in [-0.25, -0.2) is 9.18 Å². The van der Waals surface area contributed by atoms with Crippen LogP contribution in [0.3, 0.4) is 0 Å². The second-order valence-corrected chi connectivity index (χ2v) is 6.99. The van der Waals surface area contributed by atoms with E-state index in [1.807, 2.05) is 0 Å². The molecule has 0 saturated heterocycles. The van der Waals surface area contributed by atoms with Gasteiger partial charge in [-0.15, -0.1) is 0 Å². The maximum Gasteiger partial charge on any atom is 0.377 e. The van der Waals surface area contributed by atoms with E-state index < -0.39 is 24.0 Å². The first-order valence-electron chi connectivity index (χ1n) is 9.81. The smallest absolute Gasteiger partial charge is 0.377 e. The fraction of sp³-hybridized carbons (Fsp3) is 0.174. The van der Waals surface area contributed by atoms with Crippen molar-refractivity contribution in [2.45, 2.75) is 18.8 Å². The lowest BCUT2D eigenvalue weighted by Crippen LogP contribution is -2.12. The van der Waals surface area contributed by atoms with Crippen molar-refractivity contribution in [1.29, 1.82) is 0 Å². The maximum absolute atomic E-state index is 13.4. The van der Waals surface area contributed by atoms with Crippen molar-refractivity contribution in [3.8, 4) is 17.1 Å². The van der Waals surface area contributed by atoms with Gasteiger partial charge in [-0.2, -0.15) is 0 Å². The molecule has 2 aromatic carbocycles. The molecule has 0 aliphatic carbocycles. The molecule has 4 rings (SSSR count). The summed E-state index contributed by atoms with van der Waals surface area (Å²) in [5.74, 6) is -1.38. The number of rotatable bonds is 8. The summed E-state index contributed by atoms with van der Waals surface area (Å²) in [6, 6.07) is 15.3. The van der Waals surface area contributed by atoms with Crippen LogP contribution >= 0.6 is 0 Å². The lowest BCUT2D eigenvalue weighted by atomic mass is 9.98. The summed E-state index contributed by atoms with van der Waals surface area (Å²) >= 11 is 0. The first kappa shape index (κ1) is 22.2. The Balaban J connectivity index is 1.66. The van der Waals surface area contributed by atoms with Crippen molar-refractivity contribution in [1.82, 2.24) is 10.3 Å². The summed E-state index contributed by atoms with van der Waals surface area (Å²) in [7, 11) is 1.20. The zero-order chi connectivity index (χ0) is 23.4. The highest BCUT2D eigenvalue weighted by Crippen LogP contribution is 2.36. The summed E-state index contributed by atoms with van der Waals surface area (Å²) in [4.78, 5) is 11.6. The van der Waals surface area contributed by atoms with Crippen LogP contribution in [0.15, 0.2) is 69.7 Å². The monoisotopic (exact) mass is 454 g/mol. The van der Waals surface area contributed by atoms with E-state index in [-0.39, 0.29) is 29.7 Å². The van der Waals surface area contributed by atoms with Crippen LogP contribution in [0, 0.1) is 5.82 Å². The van der Waals surface area contributed by atoms with Gasteiger partial charge in [0.15, 0.2) is 5.76 Å². The molecule has 0 bridgehead atoms. The standard InChI is InChI=1S/C23H19FN2O7/c1-30-23(29)17-11-18(25-32-17)31-12-16-19(13-7-9-15(24)10-8-13)26-33-22(16)21(28)20(27)14-5-3-2-4-6-14/h2-11,20-21,27-28H,12H2,1H3/t20-,21+/m1/s1. The van der Waals surface area contributed by atoms with E-state index in [0.29, 0.717) is 16.7 Å². The van der Waals surface area contributed by atoms with Crippen LogP contribution in [-0.4, -0.2) is 33.6 Å². The number of hydrogen-bond donors (Lipinski definition) is 2. The van der Waals surface area contributed by atoms with Crippen LogP contribution in [-0.2, 0) is 11.3 Å². The van der Waals surface area contributed by atoms with Gasteiger partial charge >= 0.3 is 5.97 Å². The van der Waals surface area contributed by atoms with E-state index in [1.54, 1.807) is 30.3 Å². The molecule has 170 valence electrons. The fourth-order valence-electron chi connectivity index (χ4n) is 3.17. The average molecular weight is 454 g/mol. The number of benzene rings is 2. The number of nitrogens with zero attached hydrogens (tertiary/aromatic N) is 2. The maximum atomic E-state index is 13.4. The zero-order valence-corrected chi connectivity index (χ0v) is 17.3. The molecule has 0 aliphatic rings. The molecule has 2 heterocycles. The number of halogens is 1. The third kappa shape index (κ3) is 4.76. The quantitative estimate of drug-likeness (QED) is 0.384. The number of carbonyl (C=O) groups excluding carboxylic acids is 1. The van der Waals surface area contributed by atoms with E-state index in [4.69, 9.17) is 13.8 Å². The van der Waals surface area contributed by atoms with Crippen molar-refractivity contribution in [2.75, 3.05) is 7.11 Å². The normalized spacial score (nSPS) is 12.8. The van der Waals surface area contributed by atoms with Gasteiger partial charge in [0, 0.05) is 5.56 Å². The topological polar surface area (TPSA) is 128 Å². The highest BCUT2D eigenvalue weighted by atomic mass is 19.1. The Hall–Kier alpha value is -4.02. The Morgan fingerprint density at radius 3 is 2.45 bits per heavy atom. The Morgan fingerprint density at radius 1 is 1.03 bits per heavy atom. The lowest BCUT2D eigenvalue weighted by molar-refractivity contribution is -0.000344. The Morgan fingerprint density at radius 2 is 1.76 bits per heavy atom. The lowest BCUT2D eigenvalue weighted by Gasteiger charge is -2.17. The third-order valence-corrected chi connectivity index (χ3v) is 4.88.